The second-order valence-corrected chi connectivity index (χ2v) is 10.9. The lowest BCUT2D eigenvalue weighted by molar-refractivity contribution is -0.132. The molecule has 1 unspecified atom stereocenters. The molecule has 11 heteroatoms. The Morgan fingerprint density at radius 3 is 2.62 bits per heavy atom. The van der Waals surface area contributed by atoms with Crippen molar-refractivity contribution in [3.63, 3.8) is 0 Å². The Labute approximate surface area is 201 Å². The summed E-state index contributed by atoms with van der Waals surface area (Å²) in [5.74, 6) is -0.458. The van der Waals surface area contributed by atoms with Gasteiger partial charge in [0.1, 0.15) is 10.5 Å². The molecule has 4 rings (SSSR count). The van der Waals surface area contributed by atoms with Crippen molar-refractivity contribution in [2.24, 2.45) is 5.41 Å². The number of nitrogens with one attached hydrogen (secondary N) is 1. The van der Waals surface area contributed by atoms with Crippen molar-refractivity contribution in [1.29, 1.82) is 0 Å². The van der Waals surface area contributed by atoms with Gasteiger partial charge in [-0.1, -0.05) is 20.8 Å². The van der Waals surface area contributed by atoms with Gasteiger partial charge in [0.25, 0.3) is 5.91 Å². The summed E-state index contributed by atoms with van der Waals surface area (Å²) in [7, 11) is 0. The van der Waals surface area contributed by atoms with Gasteiger partial charge in [-0.2, -0.15) is 4.98 Å². The first-order valence-electron chi connectivity index (χ1n) is 11.1. The van der Waals surface area contributed by atoms with Crippen LogP contribution < -0.4 is 5.32 Å². The number of aryl methyl sites for hydroxylation is 1. The number of amides is 2. The van der Waals surface area contributed by atoms with Crippen LogP contribution in [0.2, 0.25) is 0 Å². The molecule has 0 saturated carbocycles. The molecular formula is C23H28FN7O2S. The van der Waals surface area contributed by atoms with Crippen molar-refractivity contribution in [2.45, 2.75) is 47.1 Å². The maximum Gasteiger partial charge on any atom is 0.275 e. The molecule has 0 aromatic carbocycles. The maximum absolute atomic E-state index is 13.6. The highest BCUT2D eigenvalue weighted by molar-refractivity contribution is 7.18. The molecule has 1 N–H and O–H groups in total. The van der Waals surface area contributed by atoms with E-state index in [4.69, 9.17) is 0 Å². The molecule has 1 aliphatic heterocycles. The lowest BCUT2D eigenvalue weighted by atomic mass is 9.92. The third-order valence-electron chi connectivity index (χ3n) is 5.44. The van der Waals surface area contributed by atoms with Crippen molar-refractivity contribution < 1.29 is 14.0 Å². The van der Waals surface area contributed by atoms with Gasteiger partial charge in [-0.3, -0.25) is 14.6 Å². The topological polar surface area (TPSA) is 104 Å². The van der Waals surface area contributed by atoms with Crippen LogP contribution in [0.4, 0.5) is 10.3 Å². The molecule has 0 bridgehead atoms. The molecule has 3 aromatic rings. The lowest BCUT2D eigenvalue weighted by Gasteiger charge is -2.23. The number of thiazole rings is 1. The average Bonchev–Trinajstić information content (AvgIpc) is 3.38. The van der Waals surface area contributed by atoms with Crippen molar-refractivity contribution >= 4 is 39.4 Å². The number of hydrogen-bond acceptors (Lipinski definition) is 8. The minimum atomic E-state index is -0.437. The van der Waals surface area contributed by atoms with E-state index in [1.54, 1.807) is 16.0 Å². The third-order valence-corrected chi connectivity index (χ3v) is 6.40. The highest BCUT2D eigenvalue weighted by Crippen LogP contribution is 2.28. The van der Waals surface area contributed by atoms with E-state index in [1.165, 1.54) is 17.4 Å². The third kappa shape index (κ3) is 5.30. The van der Waals surface area contributed by atoms with E-state index in [0.717, 1.165) is 11.2 Å². The van der Waals surface area contributed by atoms with Crippen LogP contribution >= 0.6 is 11.3 Å². The summed E-state index contributed by atoms with van der Waals surface area (Å²) in [6, 6.07) is 1.04. The highest BCUT2D eigenvalue weighted by Gasteiger charge is 2.32. The SMILES string of the molecule is Cc1nc2nc(NC(C)c3cncc(F)c3)nc(C(=O)N3CCN(C(=O)CC(C)(C)C)C3)c2s1. The van der Waals surface area contributed by atoms with E-state index < -0.39 is 5.82 Å². The number of anilines is 1. The van der Waals surface area contributed by atoms with E-state index in [2.05, 4.69) is 25.3 Å². The van der Waals surface area contributed by atoms with Gasteiger partial charge in [-0.05, 0) is 30.9 Å². The second kappa shape index (κ2) is 9.21. The fourth-order valence-corrected chi connectivity index (χ4v) is 4.59. The summed E-state index contributed by atoms with van der Waals surface area (Å²) in [6.45, 7) is 10.9. The van der Waals surface area contributed by atoms with Gasteiger partial charge in [0.05, 0.1) is 23.9 Å². The Hall–Kier alpha value is -3.21. The van der Waals surface area contributed by atoms with Gasteiger partial charge >= 0.3 is 0 Å². The highest BCUT2D eigenvalue weighted by atomic mass is 32.1. The van der Waals surface area contributed by atoms with Crippen molar-refractivity contribution in [2.75, 3.05) is 25.1 Å². The minimum Gasteiger partial charge on any atom is -0.348 e. The molecule has 0 aliphatic carbocycles. The summed E-state index contributed by atoms with van der Waals surface area (Å²) in [4.78, 5) is 46.7. The zero-order valence-electron chi connectivity index (χ0n) is 19.9. The van der Waals surface area contributed by atoms with Crippen LogP contribution in [0.1, 0.15) is 61.2 Å². The van der Waals surface area contributed by atoms with Crippen molar-refractivity contribution in [3.05, 3.63) is 40.5 Å². The summed E-state index contributed by atoms with van der Waals surface area (Å²) in [5.41, 5.74) is 1.17. The molecule has 1 fully saturated rings. The van der Waals surface area contributed by atoms with E-state index in [0.29, 0.717) is 35.4 Å². The van der Waals surface area contributed by atoms with Crippen LogP contribution in [-0.2, 0) is 4.79 Å². The monoisotopic (exact) mass is 485 g/mol. The molecule has 4 heterocycles. The molecule has 1 atom stereocenters. The second-order valence-electron chi connectivity index (χ2n) is 9.69. The number of nitrogens with zero attached hydrogens (tertiary/aromatic N) is 6. The first kappa shape index (κ1) is 23.9. The largest absolute Gasteiger partial charge is 0.348 e. The molecule has 2 amide bonds. The molecule has 0 radical (unpaired) electrons. The Morgan fingerprint density at radius 2 is 1.91 bits per heavy atom. The number of carbonyl (C=O) groups is 2. The first-order valence-corrected chi connectivity index (χ1v) is 11.9. The zero-order valence-corrected chi connectivity index (χ0v) is 20.7. The molecule has 34 heavy (non-hydrogen) atoms. The Bertz CT molecular complexity index is 1240. The summed E-state index contributed by atoms with van der Waals surface area (Å²) < 4.78 is 14.2. The maximum atomic E-state index is 13.6. The summed E-state index contributed by atoms with van der Waals surface area (Å²) in [5, 5.41) is 3.89. The van der Waals surface area contributed by atoms with E-state index in [9.17, 15) is 14.0 Å². The van der Waals surface area contributed by atoms with Crippen LogP contribution in [0.5, 0.6) is 0 Å². The first-order chi connectivity index (χ1) is 16.0. The van der Waals surface area contributed by atoms with E-state index in [-0.39, 0.29) is 41.6 Å². The van der Waals surface area contributed by atoms with Gasteiger partial charge in [0.2, 0.25) is 11.9 Å². The number of hydrogen-bond donors (Lipinski definition) is 1. The predicted molar refractivity (Wildman–Crippen MR) is 128 cm³/mol. The van der Waals surface area contributed by atoms with Crippen molar-refractivity contribution in [1.82, 2.24) is 29.7 Å². The van der Waals surface area contributed by atoms with Gasteiger partial charge in [0.15, 0.2) is 11.3 Å². The average molecular weight is 486 g/mol. The van der Waals surface area contributed by atoms with Crippen LogP contribution in [0.15, 0.2) is 18.5 Å². The van der Waals surface area contributed by atoms with Crippen LogP contribution in [0.3, 0.4) is 0 Å². The fraction of sp³-hybridized carbons (Fsp3) is 0.478. The van der Waals surface area contributed by atoms with Crippen LogP contribution in [0.25, 0.3) is 10.3 Å². The number of rotatable bonds is 5. The molecular weight excluding hydrogens is 457 g/mol. The molecule has 180 valence electrons. The lowest BCUT2D eigenvalue weighted by Crippen LogP contribution is -2.35. The van der Waals surface area contributed by atoms with Crippen molar-refractivity contribution in [3.8, 4) is 0 Å². The molecule has 0 spiro atoms. The molecule has 1 saturated heterocycles. The normalized spacial score (nSPS) is 15.1. The zero-order chi connectivity index (χ0) is 24.6. The summed E-state index contributed by atoms with van der Waals surface area (Å²) in [6.07, 6.45) is 3.12. The fourth-order valence-electron chi connectivity index (χ4n) is 3.75. The van der Waals surface area contributed by atoms with Gasteiger partial charge in [-0.15, -0.1) is 11.3 Å². The standard InChI is InChI=1S/C23H28FN7O2S/c1-13(15-8-16(24)11-25-10-15)26-22-28-18(19-20(29-22)27-14(2)34-19)21(33)31-7-6-30(12-31)17(32)9-23(3,4)5/h8,10-11,13H,6-7,9,12H2,1-5H3,(H,26,28,29). The minimum absolute atomic E-state index is 0.0316. The Balaban J connectivity index is 1.58. The Kier molecular flexibility index (Phi) is 6.48. The Morgan fingerprint density at radius 1 is 1.18 bits per heavy atom. The van der Waals surface area contributed by atoms with Gasteiger partial charge < -0.3 is 15.1 Å². The number of aromatic nitrogens is 4. The molecule has 9 nitrogen and oxygen atoms in total. The molecule has 1 aliphatic rings. The van der Waals surface area contributed by atoms with Gasteiger partial charge in [0, 0.05) is 25.7 Å². The smallest absolute Gasteiger partial charge is 0.275 e. The number of fused-ring (bicyclic) bond motifs is 1. The predicted octanol–water partition coefficient (Wildman–Crippen LogP) is 3.78. The van der Waals surface area contributed by atoms with E-state index >= 15 is 0 Å². The number of pyridine rings is 1. The van der Waals surface area contributed by atoms with E-state index in [1.807, 2.05) is 34.6 Å². The number of carbonyl (C=O) groups excluding carboxylic acids is 2. The summed E-state index contributed by atoms with van der Waals surface area (Å²) >= 11 is 1.36. The quantitative estimate of drug-likeness (QED) is 0.586. The van der Waals surface area contributed by atoms with Crippen LogP contribution in [0, 0.1) is 18.2 Å². The van der Waals surface area contributed by atoms with Crippen LogP contribution in [-0.4, -0.2) is 61.3 Å². The number of halogens is 1. The molecule has 3 aromatic heterocycles. The van der Waals surface area contributed by atoms with Gasteiger partial charge in [-0.25, -0.2) is 14.4 Å².